The van der Waals surface area contributed by atoms with Gasteiger partial charge in [-0.3, -0.25) is 0 Å². The van der Waals surface area contributed by atoms with Gasteiger partial charge in [0.25, 0.3) is 0 Å². The van der Waals surface area contributed by atoms with Gasteiger partial charge in [-0.1, -0.05) is 0 Å². The molecule has 9 nitrogen and oxygen atoms in total. The van der Waals surface area contributed by atoms with E-state index in [9.17, 15) is 21.6 Å². The van der Waals surface area contributed by atoms with Gasteiger partial charge in [-0.2, -0.15) is 13.2 Å². The molecule has 0 radical (unpaired) electrons. The molecule has 3 aromatic rings. The fourth-order valence-electron chi connectivity index (χ4n) is 2.88. The van der Waals surface area contributed by atoms with E-state index < -0.39 is 22.3 Å². The van der Waals surface area contributed by atoms with E-state index in [0.29, 0.717) is 22.4 Å². The summed E-state index contributed by atoms with van der Waals surface area (Å²) in [6.45, 7) is 0.845. The topological polar surface area (TPSA) is 112 Å². The smallest absolute Gasteiger partial charge is 0.425 e. The van der Waals surface area contributed by atoms with Gasteiger partial charge in [0.15, 0.2) is 6.10 Å². The van der Waals surface area contributed by atoms with E-state index in [4.69, 9.17) is 14.2 Å². The van der Waals surface area contributed by atoms with Crippen molar-refractivity contribution in [3.05, 3.63) is 36.7 Å². The lowest BCUT2D eigenvalue weighted by atomic mass is 10.2. The molecule has 0 aliphatic rings. The average molecular weight is 486 g/mol. The summed E-state index contributed by atoms with van der Waals surface area (Å²) >= 11 is 0. The highest BCUT2D eigenvalue weighted by Gasteiger charge is 2.38. The third-order valence-electron chi connectivity index (χ3n) is 4.68. The molecule has 0 aliphatic carbocycles. The van der Waals surface area contributed by atoms with Crippen LogP contribution in [-0.4, -0.2) is 51.9 Å². The standard InChI is InChI=1S/C20H21F3N4O5S/c1-11(20(21,22)23)32-16-6-5-13(33(28,29)24-2)9-14(16)27-19-18-15(25-10-26-19)7-12(30-3)8-17(18)31-4/h5-11,24H,1-4H3,(H,25,26,27). The molecular formula is C20H21F3N4O5S. The summed E-state index contributed by atoms with van der Waals surface area (Å²) < 4.78 is 81.7. The Labute approximate surface area is 187 Å². The average Bonchev–Trinajstić information content (AvgIpc) is 2.78. The van der Waals surface area contributed by atoms with Gasteiger partial charge in [0.1, 0.15) is 29.4 Å². The summed E-state index contributed by atoms with van der Waals surface area (Å²) in [5.74, 6) is 0.726. The Bertz CT molecular complexity index is 1270. The first-order chi connectivity index (χ1) is 15.5. The molecule has 0 aliphatic heterocycles. The van der Waals surface area contributed by atoms with Crippen LogP contribution < -0.4 is 24.2 Å². The maximum atomic E-state index is 13.1. The first-order valence-corrected chi connectivity index (χ1v) is 10.9. The number of nitrogens with zero attached hydrogens (tertiary/aromatic N) is 2. The molecule has 1 aromatic heterocycles. The minimum Gasteiger partial charge on any atom is -0.497 e. The van der Waals surface area contributed by atoms with Crippen molar-refractivity contribution in [3.8, 4) is 17.2 Å². The number of sulfonamides is 1. The quantitative estimate of drug-likeness (QED) is 0.497. The molecule has 2 aromatic carbocycles. The van der Waals surface area contributed by atoms with E-state index in [0.717, 1.165) is 25.1 Å². The van der Waals surface area contributed by atoms with Crippen LogP contribution in [0.15, 0.2) is 41.6 Å². The van der Waals surface area contributed by atoms with Gasteiger partial charge in [0.2, 0.25) is 10.0 Å². The monoisotopic (exact) mass is 486 g/mol. The molecule has 0 amide bonds. The van der Waals surface area contributed by atoms with Crippen molar-refractivity contribution in [1.82, 2.24) is 14.7 Å². The highest BCUT2D eigenvalue weighted by atomic mass is 32.2. The van der Waals surface area contributed by atoms with E-state index in [1.807, 2.05) is 0 Å². The number of aromatic nitrogens is 2. The zero-order valence-corrected chi connectivity index (χ0v) is 18.8. The summed E-state index contributed by atoms with van der Waals surface area (Å²) in [7, 11) is 0.218. The molecule has 1 unspecified atom stereocenters. The lowest BCUT2D eigenvalue weighted by molar-refractivity contribution is -0.189. The number of anilines is 2. The number of nitrogens with one attached hydrogen (secondary N) is 2. The first-order valence-electron chi connectivity index (χ1n) is 9.45. The summed E-state index contributed by atoms with van der Waals surface area (Å²) in [5, 5.41) is 3.27. The van der Waals surface area contributed by atoms with Gasteiger partial charge >= 0.3 is 6.18 Å². The van der Waals surface area contributed by atoms with Gasteiger partial charge in [0.05, 0.1) is 35.7 Å². The highest BCUT2D eigenvalue weighted by Crippen LogP contribution is 2.38. The minimum absolute atomic E-state index is 0.0553. The van der Waals surface area contributed by atoms with E-state index >= 15 is 0 Å². The molecule has 178 valence electrons. The molecular weight excluding hydrogens is 465 g/mol. The van der Waals surface area contributed by atoms with E-state index in [1.54, 1.807) is 12.1 Å². The first kappa shape index (κ1) is 24.3. The fraction of sp³-hybridized carbons (Fsp3) is 0.300. The van der Waals surface area contributed by atoms with Gasteiger partial charge in [-0.15, -0.1) is 0 Å². The predicted octanol–water partition coefficient (Wildman–Crippen LogP) is 3.63. The molecule has 1 heterocycles. The molecule has 0 saturated carbocycles. The zero-order valence-electron chi connectivity index (χ0n) is 18.0. The third kappa shape index (κ3) is 5.20. The summed E-state index contributed by atoms with van der Waals surface area (Å²) in [4.78, 5) is 8.15. The number of halogens is 3. The number of benzene rings is 2. The Kier molecular flexibility index (Phi) is 6.84. The molecule has 0 fully saturated rings. The highest BCUT2D eigenvalue weighted by molar-refractivity contribution is 7.89. The number of rotatable bonds is 8. The lowest BCUT2D eigenvalue weighted by Crippen LogP contribution is -2.31. The van der Waals surface area contributed by atoms with Crippen LogP contribution in [0.2, 0.25) is 0 Å². The molecule has 0 spiro atoms. The number of ether oxygens (including phenoxy) is 3. The Morgan fingerprint density at radius 1 is 1.03 bits per heavy atom. The van der Waals surface area contributed by atoms with Crippen molar-refractivity contribution in [1.29, 1.82) is 0 Å². The maximum Gasteiger partial charge on any atom is 0.425 e. The van der Waals surface area contributed by atoms with Gasteiger partial charge in [-0.25, -0.2) is 23.1 Å². The Hall–Kier alpha value is -3.32. The molecule has 3 rings (SSSR count). The molecule has 1 atom stereocenters. The number of hydrogen-bond acceptors (Lipinski definition) is 8. The van der Waals surface area contributed by atoms with Crippen LogP contribution >= 0.6 is 0 Å². The predicted molar refractivity (Wildman–Crippen MR) is 115 cm³/mol. The number of methoxy groups -OCH3 is 2. The van der Waals surface area contributed by atoms with Crippen LogP contribution in [0, 0.1) is 0 Å². The Morgan fingerprint density at radius 2 is 1.76 bits per heavy atom. The molecule has 33 heavy (non-hydrogen) atoms. The number of fused-ring (bicyclic) bond motifs is 1. The third-order valence-corrected chi connectivity index (χ3v) is 6.09. The number of hydrogen-bond donors (Lipinski definition) is 2. The van der Waals surface area contributed by atoms with E-state index in [1.165, 1.54) is 27.6 Å². The van der Waals surface area contributed by atoms with Gasteiger partial charge in [0, 0.05) is 12.1 Å². The van der Waals surface area contributed by atoms with Crippen LogP contribution in [0.4, 0.5) is 24.7 Å². The molecule has 0 saturated heterocycles. The second-order valence-corrected chi connectivity index (χ2v) is 8.62. The lowest BCUT2D eigenvalue weighted by Gasteiger charge is -2.21. The molecule has 0 bridgehead atoms. The van der Waals surface area contributed by atoms with E-state index in [2.05, 4.69) is 20.0 Å². The van der Waals surface area contributed by atoms with Crippen LogP contribution in [0.5, 0.6) is 17.2 Å². The molecule has 13 heteroatoms. The van der Waals surface area contributed by atoms with Crippen molar-refractivity contribution in [3.63, 3.8) is 0 Å². The van der Waals surface area contributed by atoms with Crippen molar-refractivity contribution in [2.45, 2.75) is 24.1 Å². The van der Waals surface area contributed by atoms with Crippen molar-refractivity contribution in [2.75, 3.05) is 26.6 Å². The largest absolute Gasteiger partial charge is 0.497 e. The fourth-order valence-corrected chi connectivity index (χ4v) is 3.64. The molecule has 2 N–H and O–H groups in total. The Morgan fingerprint density at radius 3 is 2.36 bits per heavy atom. The minimum atomic E-state index is -4.63. The second kappa shape index (κ2) is 9.27. The summed E-state index contributed by atoms with van der Waals surface area (Å²) in [6.07, 6.45) is -5.55. The van der Waals surface area contributed by atoms with Crippen molar-refractivity contribution < 1.29 is 35.8 Å². The van der Waals surface area contributed by atoms with Crippen LogP contribution in [0.25, 0.3) is 10.9 Å². The van der Waals surface area contributed by atoms with Crippen LogP contribution in [-0.2, 0) is 10.0 Å². The zero-order chi connectivity index (χ0) is 24.4. The maximum absolute atomic E-state index is 13.1. The summed E-state index contributed by atoms with van der Waals surface area (Å²) in [5.41, 5.74) is 0.370. The van der Waals surface area contributed by atoms with E-state index in [-0.39, 0.29) is 22.2 Å². The second-order valence-electron chi connectivity index (χ2n) is 6.74. The van der Waals surface area contributed by atoms with Crippen LogP contribution in [0.1, 0.15) is 6.92 Å². The SMILES string of the molecule is CNS(=O)(=O)c1ccc(OC(C)C(F)(F)F)c(Nc2ncnc3cc(OC)cc(OC)c23)c1. The number of alkyl halides is 3. The van der Waals surface area contributed by atoms with Crippen LogP contribution in [0.3, 0.4) is 0 Å². The van der Waals surface area contributed by atoms with Gasteiger partial charge in [-0.05, 0) is 32.2 Å². The normalized spacial score (nSPS) is 12.9. The Balaban J connectivity index is 2.16. The van der Waals surface area contributed by atoms with Crippen molar-refractivity contribution >= 4 is 32.4 Å². The summed E-state index contributed by atoms with van der Waals surface area (Å²) in [6, 6.07) is 6.63. The van der Waals surface area contributed by atoms with Crippen molar-refractivity contribution in [2.24, 2.45) is 0 Å². The van der Waals surface area contributed by atoms with Gasteiger partial charge < -0.3 is 19.5 Å².